The Kier molecular flexibility index (Phi) is 7.38. The van der Waals surface area contributed by atoms with Gasteiger partial charge in [0.25, 0.3) is 0 Å². The molecule has 2 aromatic heterocycles. The van der Waals surface area contributed by atoms with Gasteiger partial charge in [0.15, 0.2) is 0 Å². The largest absolute Gasteiger partial charge is 0.312 e. The summed E-state index contributed by atoms with van der Waals surface area (Å²) in [6, 6.07) is 22.3. The van der Waals surface area contributed by atoms with Crippen molar-refractivity contribution < 1.29 is 0 Å². The van der Waals surface area contributed by atoms with E-state index >= 15 is 0 Å². The molecule has 0 amide bonds. The summed E-state index contributed by atoms with van der Waals surface area (Å²) in [4.78, 5) is 6.64. The van der Waals surface area contributed by atoms with Gasteiger partial charge in [-0.15, -0.1) is 10.2 Å². The molecule has 0 saturated carbocycles. The monoisotopic (exact) mass is 486 g/mol. The Labute approximate surface area is 196 Å². The van der Waals surface area contributed by atoms with Gasteiger partial charge in [-0.2, -0.15) is 5.26 Å². The van der Waals surface area contributed by atoms with Crippen molar-refractivity contribution in [3.63, 3.8) is 0 Å². The van der Waals surface area contributed by atoms with Crippen molar-refractivity contribution >= 4 is 15.9 Å². The van der Waals surface area contributed by atoms with Crippen LogP contribution in [-0.2, 0) is 26.1 Å². The summed E-state index contributed by atoms with van der Waals surface area (Å²) < 4.78 is 3.15. The fourth-order valence-corrected chi connectivity index (χ4v) is 3.78. The summed E-state index contributed by atoms with van der Waals surface area (Å²) in [6.07, 6.45) is 6.42. The number of aromatic nitrogens is 4. The molecule has 0 saturated heterocycles. The van der Waals surface area contributed by atoms with Crippen molar-refractivity contribution in [3.8, 4) is 6.07 Å². The van der Waals surface area contributed by atoms with Gasteiger partial charge in [0.2, 0.25) is 0 Å². The van der Waals surface area contributed by atoms with E-state index in [-0.39, 0.29) is 0 Å². The van der Waals surface area contributed by atoms with Gasteiger partial charge in [0.05, 0.1) is 24.7 Å². The number of nitrogens with zero attached hydrogens (tertiary/aromatic N) is 6. The highest BCUT2D eigenvalue weighted by atomic mass is 79.9. The van der Waals surface area contributed by atoms with Crippen molar-refractivity contribution in [1.82, 2.24) is 24.6 Å². The first kappa shape index (κ1) is 21.9. The molecule has 32 heavy (non-hydrogen) atoms. The minimum absolute atomic E-state index is 0.660. The van der Waals surface area contributed by atoms with E-state index in [4.69, 9.17) is 5.26 Å². The minimum Gasteiger partial charge on any atom is -0.312 e. The van der Waals surface area contributed by atoms with Crippen molar-refractivity contribution in [1.29, 1.82) is 5.26 Å². The lowest BCUT2D eigenvalue weighted by Gasteiger charge is -2.22. The number of hydrogen-bond acceptors (Lipinski definition) is 5. The molecule has 0 bridgehead atoms. The van der Waals surface area contributed by atoms with Gasteiger partial charge in [-0.05, 0) is 53.4 Å². The van der Waals surface area contributed by atoms with Crippen LogP contribution in [0.15, 0.2) is 83.9 Å². The lowest BCUT2D eigenvalue weighted by atomic mass is 10.1. The Balaban J connectivity index is 1.48. The fraction of sp³-hybridized carbons (Fsp3) is 0.200. The van der Waals surface area contributed by atoms with E-state index in [9.17, 15) is 0 Å². The highest BCUT2D eigenvalue weighted by Gasteiger charge is 2.13. The molecule has 4 aromatic rings. The summed E-state index contributed by atoms with van der Waals surface area (Å²) in [5.74, 6) is 0.911. The van der Waals surface area contributed by atoms with Crippen LogP contribution in [0.2, 0.25) is 0 Å². The Morgan fingerprint density at radius 3 is 2.44 bits per heavy atom. The third-order valence-electron chi connectivity index (χ3n) is 5.26. The first-order chi connectivity index (χ1) is 15.7. The van der Waals surface area contributed by atoms with E-state index < -0.39 is 0 Å². The maximum atomic E-state index is 9.01. The molecule has 0 aliphatic heterocycles. The van der Waals surface area contributed by atoms with Crippen molar-refractivity contribution in [2.45, 2.75) is 26.1 Å². The smallest absolute Gasteiger partial charge is 0.147 e. The summed E-state index contributed by atoms with van der Waals surface area (Å²) in [7, 11) is 0. The second-order valence-corrected chi connectivity index (χ2v) is 8.55. The highest BCUT2D eigenvalue weighted by Crippen LogP contribution is 2.14. The maximum Gasteiger partial charge on any atom is 0.147 e. The molecular formula is C25H23BrN6. The summed E-state index contributed by atoms with van der Waals surface area (Å²) in [5.41, 5.74) is 4.23. The first-order valence-electron chi connectivity index (χ1n) is 10.4. The maximum absolute atomic E-state index is 9.01. The van der Waals surface area contributed by atoms with Gasteiger partial charge < -0.3 is 4.57 Å². The lowest BCUT2D eigenvalue weighted by Crippen LogP contribution is -2.27. The second kappa shape index (κ2) is 10.8. The minimum atomic E-state index is 0.660. The standard InChI is InChI=1S/C25H23BrN6/c26-24-9-7-20(8-10-24)11-13-31(16-23-2-1-12-28-15-23)18-25-30-29-19-32(25)17-22-5-3-21(14-27)4-6-22/h1-10,12,15,19H,11,13,16-18H2. The predicted molar refractivity (Wildman–Crippen MR) is 126 cm³/mol. The Morgan fingerprint density at radius 1 is 0.938 bits per heavy atom. The second-order valence-electron chi connectivity index (χ2n) is 7.63. The predicted octanol–water partition coefficient (Wildman–Crippen LogP) is 4.60. The molecule has 0 radical (unpaired) electrons. The van der Waals surface area contributed by atoms with E-state index in [0.29, 0.717) is 18.7 Å². The molecule has 0 N–H and O–H groups in total. The third-order valence-corrected chi connectivity index (χ3v) is 5.78. The molecule has 2 heterocycles. The van der Waals surface area contributed by atoms with Crippen LogP contribution in [0.4, 0.5) is 0 Å². The number of nitriles is 1. The molecule has 7 heteroatoms. The van der Waals surface area contributed by atoms with E-state index in [1.165, 1.54) is 11.1 Å². The van der Waals surface area contributed by atoms with Gasteiger partial charge in [-0.3, -0.25) is 9.88 Å². The van der Waals surface area contributed by atoms with Crippen LogP contribution >= 0.6 is 15.9 Å². The number of rotatable bonds is 9. The van der Waals surface area contributed by atoms with E-state index in [2.05, 4.69) is 77.0 Å². The average molecular weight is 487 g/mol. The molecular weight excluding hydrogens is 464 g/mol. The highest BCUT2D eigenvalue weighted by molar-refractivity contribution is 9.10. The Morgan fingerprint density at radius 2 is 1.72 bits per heavy atom. The molecule has 0 aliphatic carbocycles. The van der Waals surface area contributed by atoms with Gasteiger partial charge in [0.1, 0.15) is 12.2 Å². The molecule has 0 unspecified atom stereocenters. The Bertz CT molecular complexity index is 1160. The number of hydrogen-bond donors (Lipinski definition) is 0. The topological polar surface area (TPSA) is 70.6 Å². The normalized spacial score (nSPS) is 10.9. The molecule has 4 rings (SSSR count). The molecule has 160 valence electrons. The summed E-state index contributed by atoms with van der Waals surface area (Å²) >= 11 is 3.50. The van der Waals surface area contributed by atoms with E-state index in [1.54, 1.807) is 12.5 Å². The number of halogens is 1. The van der Waals surface area contributed by atoms with E-state index in [0.717, 1.165) is 35.4 Å². The summed E-state index contributed by atoms with van der Waals surface area (Å²) in [5, 5.41) is 17.6. The average Bonchev–Trinajstić information content (AvgIpc) is 3.26. The van der Waals surface area contributed by atoms with Gasteiger partial charge >= 0.3 is 0 Å². The van der Waals surface area contributed by atoms with Crippen LogP contribution in [-0.4, -0.2) is 31.2 Å². The molecule has 0 fully saturated rings. The molecule has 0 aliphatic rings. The zero-order chi connectivity index (χ0) is 22.2. The zero-order valence-electron chi connectivity index (χ0n) is 17.6. The van der Waals surface area contributed by atoms with Crippen LogP contribution in [0, 0.1) is 11.3 Å². The van der Waals surface area contributed by atoms with E-state index in [1.807, 2.05) is 36.5 Å². The molecule has 2 aromatic carbocycles. The van der Waals surface area contributed by atoms with Crippen LogP contribution in [0.5, 0.6) is 0 Å². The van der Waals surface area contributed by atoms with Crippen LogP contribution in [0.25, 0.3) is 0 Å². The lowest BCUT2D eigenvalue weighted by molar-refractivity contribution is 0.249. The molecule has 0 atom stereocenters. The van der Waals surface area contributed by atoms with Crippen LogP contribution < -0.4 is 0 Å². The quantitative estimate of drug-likeness (QED) is 0.345. The van der Waals surface area contributed by atoms with Crippen LogP contribution in [0.3, 0.4) is 0 Å². The molecule has 6 nitrogen and oxygen atoms in total. The van der Waals surface area contributed by atoms with Gasteiger partial charge in [0, 0.05) is 30.0 Å². The van der Waals surface area contributed by atoms with Crippen molar-refractivity contribution in [3.05, 3.63) is 112 Å². The number of benzene rings is 2. The van der Waals surface area contributed by atoms with Crippen LogP contribution in [0.1, 0.15) is 28.1 Å². The Hall–Kier alpha value is -3.34. The zero-order valence-corrected chi connectivity index (χ0v) is 19.2. The molecule has 0 spiro atoms. The van der Waals surface area contributed by atoms with Crippen molar-refractivity contribution in [2.24, 2.45) is 0 Å². The van der Waals surface area contributed by atoms with Crippen molar-refractivity contribution in [2.75, 3.05) is 6.54 Å². The third kappa shape index (κ3) is 6.10. The first-order valence-corrected chi connectivity index (χ1v) is 11.2. The van der Waals surface area contributed by atoms with Gasteiger partial charge in [-0.1, -0.05) is 46.3 Å². The summed E-state index contributed by atoms with van der Waals surface area (Å²) in [6.45, 7) is 3.03. The SMILES string of the molecule is N#Cc1ccc(Cn2cnnc2CN(CCc2ccc(Br)cc2)Cc2cccnc2)cc1. The van der Waals surface area contributed by atoms with Gasteiger partial charge in [-0.25, -0.2) is 0 Å². The fourth-order valence-electron chi connectivity index (χ4n) is 3.52. The number of pyridine rings is 1.